The zero-order chi connectivity index (χ0) is 22.0. The summed E-state index contributed by atoms with van der Waals surface area (Å²) in [6.07, 6.45) is 3.57. The highest BCUT2D eigenvalue weighted by Gasteiger charge is 2.21. The number of anilines is 1. The molecule has 0 unspecified atom stereocenters. The van der Waals surface area contributed by atoms with E-state index in [1.165, 1.54) is 0 Å². The molecular formula is C23H33N7O2. The summed E-state index contributed by atoms with van der Waals surface area (Å²) in [6.45, 7) is 9.32. The highest BCUT2D eigenvalue weighted by atomic mass is 16.5. The van der Waals surface area contributed by atoms with Crippen molar-refractivity contribution in [1.82, 2.24) is 25.1 Å². The van der Waals surface area contributed by atoms with E-state index in [2.05, 4.69) is 41.0 Å². The number of rotatable bonds is 7. The van der Waals surface area contributed by atoms with Crippen LogP contribution in [0.15, 0.2) is 47.7 Å². The van der Waals surface area contributed by atoms with Crippen LogP contribution in [0.2, 0.25) is 0 Å². The van der Waals surface area contributed by atoms with Gasteiger partial charge in [0.25, 0.3) is 0 Å². The van der Waals surface area contributed by atoms with Crippen LogP contribution in [0, 0.1) is 0 Å². The molecule has 0 radical (unpaired) electrons. The summed E-state index contributed by atoms with van der Waals surface area (Å²) in [7, 11) is 1.83. The first kappa shape index (κ1) is 22.3. The Kier molecular flexibility index (Phi) is 8.11. The highest BCUT2D eigenvalue weighted by Crippen LogP contribution is 2.18. The third-order valence-corrected chi connectivity index (χ3v) is 5.80. The molecule has 2 aliphatic rings. The maximum atomic E-state index is 6.12. The number of para-hydroxylation sites is 1. The topological polar surface area (TPSA) is 78.4 Å². The average molecular weight is 440 g/mol. The molecular weight excluding hydrogens is 406 g/mol. The van der Waals surface area contributed by atoms with Gasteiger partial charge in [-0.2, -0.15) is 0 Å². The van der Waals surface area contributed by atoms with E-state index in [0.29, 0.717) is 13.2 Å². The standard InChI is InChI=1S/C23H33N7O2/c1-24-22(29-9-11-30(12-10-29)23-25-7-4-8-26-23)27-19-20-5-2-3-6-21(20)32-18-15-28-13-16-31-17-14-28/h2-8H,9-19H2,1H3,(H,24,27). The third kappa shape index (κ3) is 6.08. The number of aliphatic imine (C=N–C) groups is 1. The SMILES string of the molecule is CN=C(NCc1ccccc1OCCN1CCOCC1)N1CCN(c2ncccn2)CC1. The Hall–Kier alpha value is -2.91. The monoisotopic (exact) mass is 439 g/mol. The maximum Gasteiger partial charge on any atom is 0.225 e. The molecule has 0 saturated carbocycles. The molecule has 0 bridgehead atoms. The summed E-state index contributed by atoms with van der Waals surface area (Å²) in [5.74, 6) is 2.62. The molecule has 9 heteroatoms. The van der Waals surface area contributed by atoms with Gasteiger partial charge >= 0.3 is 0 Å². The number of aromatic nitrogens is 2. The van der Waals surface area contributed by atoms with E-state index in [0.717, 1.165) is 82.2 Å². The van der Waals surface area contributed by atoms with Crippen LogP contribution in [0.1, 0.15) is 5.56 Å². The largest absolute Gasteiger partial charge is 0.492 e. The van der Waals surface area contributed by atoms with Crippen molar-refractivity contribution >= 4 is 11.9 Å². The lowest BCUT2D eigenvalue weighted by atomic mass is 10.2. The lowest BCUT2D eigenvalue weighted by Crippen LogP contribution is -2.52. The fraction of sp³-hybridized carbons (Fsp3) is 0.522. The number of hydrogen-bond acceptors (Lipinski definition) is 7. The lowest BCUT2D eigenvalue weighted by molar-refractivity contribution is 0.0322. The van der Waals surface area contributed by atoms with E-state index in [1.54, 1.807) is 12.4 Å². The normalized spacial score (nSPS) is 18.0. The maximum absolute atomic E-state index is 6.12. The van der Waals surface area contributed by atoms with Gasteiger partial charge in [0.2, 0.25) is 5.95 Å². The third-order valence-electron chi connectivity index (χ3n) is 5.80. The van der Waals surface area contributed by atoms with Crippen molar-refractivity contribution in [3.05, 3.63) is 48.3 Å². The van der Waals surface area contributed by atoms with Crippen molar-refractivity contribution in [3.63, 3.8) is 0 Å². The first-order valence-electron chi connectivity index (χ1n) is 11.3. The molecule has 172 valence electrons. The van der Waals surface area contributed by atoms with Crippen LogP contribution < -0.4 is 15.0 Å². The predicted molar refractivity (Wildman–Crippen MR) is 125 cm³/mol. The molecule has 0 amide bonds. The Balaban J connectivity index is 1.26. The van der Waals surface area contributed by atoms with E-state index < -0.39 is 0 Å². The molecule has 2 aliphatic heterocycles. The van der Waals surface area contributed by atoms with Gasteiger partial charge in [-0.15, -0.1) is 0 Å². The molecule has 0 spiro atoms. The van der Waals surface area contributed by atoms with Gasteiger partial charge in [0, 0.05) is 77.4 Å². The molecule has 32 heavy (non-hydrogen) atoms. The Bertz CT molecular complexity index is 850. The number of nitrogens with zero attached hydrogens (tertiary/aromatic N) is 6. The minimum absolute atomic E-state index is 0.669. The van der Waals surface area contributed by atoms with Crippen LogP contribution in [-0.2, 0) is 11.3 Å². The van der Waals surface area contributed by atoms with Crippen LogP contribution in [0.5, 0.6) is 5.75 Å². The second-order valence-corrected chi connectivity index (χ2v) is 7.83. The van der Waals surface area contributed by atoms with Gasteiger partial charge < -0.3 is 24.6 Å². The van der Waals surface area contributed by atoms with Gasteiger partial charge in [-0.3, -0.25) is 9.89 Å². The van der Waals surface area contributed by atoms with Crippen LogP contribution in [-0.4, -0.2) is 98.4 Å². The zero-order valence-electron chi connectivity index (χ0n) is 18.8. The number of nitrogens with one attached hydrogen (secondary N) is 1. The van der Waals surface area contributed by atoms with Crippen LogP contribution in [0.25, 0.3) is 0 Å². The number of piperazine rings is 1. The summed E-state index contributed by atoms with van der Waals surface area (Å²) in [5, 5.41) is 3.51. The van der Waals surface area contributed by atoms with Crippen molar-refractivity contribution in [2.75, 3.05) is 77.6 Å². The predicted octanol–water partition coefficient (Wildman–Crippen LogP) is 1.09. The van der Waals surface area contributed by atoms with Crippen LogP contribution >= 0.6 is 0 Å². The molecule has 2 saturated heterocycles. The molecule has 2 aromatic rings. The fourth-order valence-corrected chi connectivity index (χ4v) is 3.98. The van der Waals surface area contributed by atoms with Gasteiger partial charge in [-0.05, 0) is 12.1 Å². The summed E-state index contributed by atoms with van der Waals surface area (Å²) >= 11 is 0. The van der Waals surface area contributed by atoms with Crippen LogP contribution in [0.3, 0.4) is 0 Å². The van der Waals surface area contributed by atoms with Crippen molar-refractivity contribution < 1.29 is 9.47 Å². The van der Waals surface area contributed by atoms with Gasteiger partial charge in [-0.25, -0.2) is 9.97 Å². The molecule has 3 heterocycles. The van der Waals surface area contributed by atoms with Crippen molar-refractivity contribution in [2.45, 2.75) is 6.54 Å². The van der Waals surface area contributed by atoms with E-state index >= 15 is 0 Å². The molecule has 0 aliphatic carbocycles. The van der Waals surface area contributed by atoms with Gasteiger partial charge in [0.15, 0.2) is 5.96 Å². The Morgan fingerprint density at radius 3 is 2.53 bits per heavy atom. The number of ether oxygens (including phenoxy) is 2. The van der Waals surface area contributed by atoms with Gasteiger partial charge in [-0.1, -0.05) is 18.2 Å². The Morgan fingerprint density at radius 1 is 1.03 bits per heavy atom. The first-order chi connectivity index (χ1) is 15.8. The number of guanidine groups is 1. The van der Waals surface area contributed by atoms with Crippen molar-refractivity contribution in [3.8, 4) is 5.75 Å². The van der Waals surface area contributed by atoms with E-state index in [9.17, 15) is 0 Å². The summed E-state index contributed by atoms with van der Waals surface area (Å²) in [4.78, 5) is 20.1. The van der Waals surface area contributed by atoms with Crippen molar-refractivity contribution in [2.24, 2.45) is 4.99 Å². The Labute approximate surface area is 190 Å². The van der Waals surface area contributed by atoms with Gasteiger partial charge in [0.1, 0.15) is 12.4 Å². The smallest absolute Gasteiger partial charge is 0.225 e. The molecule has 1 aromatic carbocycles. The van der Waals surface area contributed by atoms with E-state index in [1.807, 2.05) is 31.3 Å². The number of hydrogen-bond donors (Lipinski definition) is 1. The van der Waals surface area contributed by atoms with Crippen LogP contribution in [0.4, 0.5) is 5.95 Å². The fourth-order valence-electron chi connectivity index (χ4n) is 3.98. The first-order valence-corrected chi connectivity index (χ1v) is 11.3. The molecule has 1 aromatic heterocycles. The molecule has 9 nitrogen and oxygen atoms in total. The quantitative estimate of drug-likeness (QED) is 0.507. The van der Waals surface area contributed by atoms with Crippen molar-refractivity contribution in [1.29, 1.82) is 0 Å². The van der Waals surface area contributed by atoms with E-state index in [4.69, 9.17) is 9.47 Å². The Morgan fingerprint density at radius 2 is 1.78 bits per heavy atom. The zero-order valence-corrected chi connectivity index (χ0v) is 18.8. The minimum atomic E-state index is 0.669. The second kappa shape index (κ2) is 11.6. The summed E-state index contributed by atoms with van der Waals surface area (Å²) < 4.78 is 11.5. The summed E-state index contributed by atoms with van der Waals surface area (Å²) in [6, 6.07) is 10.1. The lowest BCUT2D eigenvalue weighted by Gasteiger charge is -2.36. The second-order valence-electron chi connectivity index (χ2n) is 7.83. The number of benzene rings is 1. The molecule has 4 rings (SSSR count). The highest BCUT2D eigenvalue weighted by molar-refractivity contribution is 5.80. The summed E-state index contributed by atoms with van der Waals surface area (Å²) in [5.41, 5.74) is 1.13. The number of morpholine rings is 1. The minimum Gasteiger partial charge on any atom is -0.492 e. The van der Waals surface area contributed by atoms with E-state index in [-0.39, 0.29) is 0 Å². The van der Waals surface area contributed by atoms with Gasteiger partial charge in [0.05, 0.1) is 13.2 Å². The molecule has 0 atom stereocenters. The average Bonchev–Trinajstić information content (AvgIpc) is 2.87. The molecule has 1 N–H and O–H groups in total. The molecule has 2 fully saturated rings.